The predicted octanol–water partition coefficient (Wildman–Crippen LogP) is 2.96. The van der Waals surface area contributed by atoms with Crippen LogP contribution < -0.4 is 10.6 Å². The second-order valence-electron chi connectivity index (χ2n) is 5.66. The van der Waals surface area contributed by atoms with Gasteiger partial charge in [0.2, 0.25) is 11.8 Å². The molecule has 0 saturated carbocycles. The first-order chi connectivity index (χ1) is 10.9. The molecule has 124 valence electrons. The van der Waals surface area contributed by atoms with Crippen LogP contribution in [0.1, 0.15) is 30.7 Å². The number of nitrogens with zero attached hydrogens (tertiary/aromatic N) is 1. The molecule has 2 aromatic rings. The van der Waals surface area contributed by atoms with Gasteiger partial charge in [0.05, 0.1) is 22.1 Å². The minimum Gasteiger partial charge on any atom is -0.349 e. The fraction of sp³-hybridized carbons (Fsp3) is 0.438. The number of nitrogens with one attached hydrogen (secondary N) is 2. The summed E-state index contributed by atoms with van der Waals surface area (Å²) in [6.07, 6.45) is 0. The maximum absolute atomic E-state index is 12.2. The number of rotatable bonds is 6. The lowest BCUT2D eigenvalue weighted by Crippen LogP contribution is -2.48. The maximum atomic E-state index is 12.2. The third-order valence-corrected chi connectivity index (χ3v) is 5.16. The maximum Gasteiger partial charge on any atom is 0.243 e. The summed E-state index contributed by atoms with van der Waals surface area (Å²) in [6, 6.07) is 3.51. The standard InChI is InChI=1S/C16H21N3O2S2/c1-9(2)15(18-10(3)20)16(21)17-7-12-5-6-14(23-12)13-8-22-11(4)19-13/h5-6,8-9,15H,7H2,1-4H3,(H,17,21)(H,18,20)/t15-/m0/s1. The molecule has 0 spiro atoms. The van der Waals surface area contributed by atoms with E-state index in [1.165, 1.54) is 6.92 Å². The Balaban J connectivity index is 1.96. The summed E-state index contributed by atoms with van der Waals surface area (Å²) in [5, 5.41) is 8.66. The molecule has 0 aromatic carbocycles. The number of aryl methyl sites for hydroxylation is 1. The SMILES string of the molecule is CC(=O)N[C@H](C(=O)NCc1ccc(-c2csc(C)n2)s1)C(C)C. The van der Waals surface area contributed by atoms with Gasteiger partial charge in [-0.3, -0.25) is 9.59 Å². The van der Waals surface area contributed by atoms with Gasteiger partial charge in [0, 0.05) is 17.2 Å². The topological polar surface area (TPSA) is 71.1 Å². The second kappa shape index (κ2) is 7.70. The van der Waals surface area contributed by atoms with Crippen molar-refractivity contribution in [2.24, 2.45) is 5.92 Å². The number of carbonyl (C=O) groups excluding carboxylic acids is 2. The molecule has 0 fully saturated rings. The number of carbonyl (C=O) groups is 2. The molecule has 0 radical (unpaired) electrons. The number of hydrogen-bond acceptors (Lipinski definition) is 5. The smallest absolute Gasteiger partial charge is 0.243 e. The van der Waals surface area contributed by atoms with Gasteiger partial charge >= 0.3 is 0 Å². The Morgan fingerprint density at radius 3 is 2.61 bits per heavy atom. The number of hydrogen-bond donors (Lipinski definition) is 2. The van der Waals surface area contributed by atoms with Gasteiger partial charge < -0.3 is 10.6 Å². The van der Waals surface area contributed by atoms with E-state index in [0.717, 1.165) is 20.5 Å². The highest BCUT2D eigenvalue weighted by atomic mass is 32.1. The van der Waals surface area contributed by atoms with Crippen LogP contribution in [-0.4, -0.2) is 22.8 Å². The minimum atomic E-state index is -0.506. The van der Waals surface area contributed by atoms with Crippen LogP contribution in [0.4, 0.5) is 0 Å². The molecule has 0 saturated heterocycles. The molecule has 1 atom stereocenters. The molecule has 0 unspecified atom stereocenters. The van der Waals surface area contributed by atoms with Gasteiger partial charge in [-0.25, -0.2) is 4.98 Å². The Kier molecular flexibility index (Phi) is 5.90. The first-order valence-electron chi connectivity index (χ1n) is 7.43. The summed E-state index contributed by atoms with van der Waals surface area (Å²) < 4.78 is 0. The van der Waals surface area contributed by atoms with Gasteiger partial charge in [-0.2, -0.15) is 0 Å². The van der Waals surface area contributed by atoms with E-state index >= 15 is 0 Å². The molecule has 2 aromatic heterocycles. The zero-order valence-electron chi connectivity index (χ0n) is 13.7. The summed E-state index contributed by atoms with van der Waals surface area (Å²) in [5.74, 6) is -0.318. The molecule has 2 rings (SSSR count). The van der Waals surface area contributed by atoms with Crippen molar-refractivity contribution >= 4 is 34.5 Å². The van der Waals surface area contributed by atoms with Crippen LogP contribution in [0.15, 0.2) is 17.5 Å². The largest absolute Gasteiger partial charge is 0.349 e. The van der Waals surface area contributed by atoms with E-state index in [9.17, 15) is 9.59 Å². The Hall–Kier alpha value is -1.73. The normalized spacial score (nSPS) is 12.2. The highest BCUT2D eigenvalue weighted by molar-refractivity contribution is 7.16. The van der Waals surface area contributed by atoms with E-state index in [2.05, 4.69) is 15.6 Å². The summed E-state index contributed by atoms with van der Waals surface area (Å²) in [4.78, 5) is 30.1. The Labute approximate surface area is 144 Å². The van der Waals surface area contributed by atoms with E-state index in [1.54, 1.807) is 22.7 Å². The molecule has 5 nitrogen and oxygen atoms in total. The molecule has 0 aliphatic carbocycles. The summed E-state index contributed by atoms with van der Waals surface area (Å²) in [5.41, 5.74) is 0.980. The first-order valence-corrected chi connectivity index (χ1v) is 9.12. The van der Waals surface area contributed by atoms with Gasteiger partial charge in [-0.1, -0.05) is 13.8 Å². The van der Waals surface area contributed by atoms with Crippen molar-refractivity contribution in [2.75, 3.05) is 0 Å². The number of thiazole rings is 1. The second-order valence-corrected chi connectivity index (χ2v) is 7.89. The predicted molar refractivity (Wildman–Crippen MR) is 94.5 cm³/mol. The highest BCUT2D eigenvalue weighted by Crippen LogP contribution is 2.28. The van der Waals surface area contributed by atoms with Crippen molar-refractivity contribution in [3.8, 4) is 10.6 Å². The van der Waals surface area contributed by atoms with E-state index in [4.69, 9.17) is 0 Å². The van der Waals surface area contributed by atoms with Gasteiger partial charge in [-0.15, -0.1) is 22.7 Å². The average molecular weight is 351 g/mol. The molecule has 2 amide bonds. The fourth-order valence-electron chi connectivity index (χ4n) is 2.13. The zero-order chi connectivity index (χ0) is 17.0. The molecule has 0 aliphatic heterocycles. The summed E-state index contributed by atoms with van der Waals surface area (Å²) >= 11 is 3.24. The third-order valence-electron chi connectivity index (χ3n) is 3.28. The molecule has 23 heavy (non-hydrogen) atoms. The quantitative estimate of drug-likeness (QED) is 0.840. The number of aromatic nitrogens is 1. The monoisotopic (exact) mass is 351 g/mol. The van der Waals surface area contributed by atoms with Crippen LogP contribution in [0.5, 0.6) is 0 Å². The van der Waals surface area contributed by atoms with Crippen LogP contribution >= 0.6 is 22.7 Å². The van der Waals surface area contributed by atoms with Crippen LogP contribution in [0.2, 0.25) is 0 Å². The van der Waals surface area contributed by atoms with E-state index < -0.39 is 6.04 Å². The average Bonchev–Trinajstić information content (AvgIpc) is 3.10. The lowest BCUT2D eigenvalue weighted by Gasteiger charge is -2.20. The molecule has 0 aliphatic rings. The molecule has 7 heteroatoms. The fourth-order valence-corrected chi connectivity index (χ4v) is 3.72. The molecule has 0 bridgehead atoms. The lowest BCUT2D eigenvalue weighted by atomic mass is 10.0. The van der Waals surface area contributed by atoms with Crippen molar-refractivity contribution in [1.82, 2.24) is 15.6 Å². The zero-order valence-corrected chi connectivity index (χ0v) is 15.3. The van der Waals surface area contributed by atoms with E-state index in [-0.39, 0.29) is 17.7 Å². The van der Waals surface area contributed by atoms with Gasteiger partial charge in [-0.05, 0) is 25.0 Å². The Morgan fingerprint density at radius 2 is 2.04 bits per heavy atom. The van der Waals surface area contributed by atoms with E-state index in [1.807, 2.05) is 38.3 Å². The molecular weight excluding hydrogens is 330 g/mol. The first kappa shape index (κ1) is 17.6. The third kappa shape index (κ3) is 4.87. The van der Waals surface area contributed by atoms with Crippen molar-refractivity contribution in [3.05, 3.63) is 27.4 Å². The van der Waals surface area contributed by atoms with Crippen molar-refractivity contribution < 1.29 is 9.59 Å². The van der Waals surface area contributed by atoms with Crippen LogP contribution in [-0.2, 0) is 16.1 Å². The molecular formula is C16H21N3O2S2. The van der Waals surface area contributed by atoms with E-state index in [0.29, 0.717) is 6.54 Å². The highest BCUT2D eigenvalue weighted by Gasteiger charge is 2.22. The Bertz CT molecular complexity index is 691. The van der Waals surface area contributed by atoms with Crippen molar-refractivity contribution in [2.45, 2.75) is 40.3 Å². The van der Waals surface area contributed by atoms with Gasteiger partial charge in [0.1, 0.15) is 6.04 Å². The summed E-state index contributed by atoms with van der Waals surface area (Å²) in [6.45, 7) is 7.68. The number of thiophene rings is 1. The van der Waals surface area contributed by atoms with Gasteiger partial charge in [0.25, 0.3) is 0 Å². The van der Waals surface area contributed by atoms with Crippen LogP contribution in [0, 0.1) is 12.8 Å². The minimum absolute atomic E-state index is 0.0378. The lowest BCUT2D eigenvalue weighted by molar-refractivity contribution is -0.129. The molecule has 2 heterocycles. The van der Waals surface area contributed by atoms with Crippen LogP contribution in [0.3, 0.4) is 0 Å². The Morgan fingerprint density at radius 1 is 1.30 bits per heavy atom. The van der Waals surface area contributed by atoms with Gasteiger partial charge in [0.15, 0.2) is 0 Å². The van der Waals surface area contributed by atoms with Crippen LogP contribution in [0.25, 0.3) is 10.6 Å². The van der Waals surface area contributed by atoms with Crippen molar-refractivity contribution in [3.63, 3.8) is 0 Å². The van der Waals surface area contributed by atoms with Crippen molar-refractivity contribution in [1.29, 1.82) is 0 Å². The summed E-state index contributed by atoms with van der Waals surface area (Å²) in [7, 11) is 0. The number of amides is 2. The molecule has 2 N–H and O–H groups in total.